The maximum absolute atomic E-state index is 12.1. The molecule has 0 fully saturated rings. The number of nitrogens with one attached hydrogen (secondary N) is 2. The van der Waals surface area contributed by atoms with E-state index in [2.05, 4.69) is 36.4 Å². The molecule has 0 aliphatic carbocycles. The van der Waals surface area contributed by atoms with Gasteiger partial charge in [0.1, 0.15) is 5.82 Å². The Bertz CT molecular complexity index is 427. The van der Waals surface area contributed by atoms with E-state index in [0.29, 0.717) is 11.5 Å². The Balaban J connectivity index is 3.01. The van der Waals surface area contributed by atoms with Crippen molar-refractivity contribution in [1.82, 2.24) is 10.3 Å². The number of rotatable bonds is 6. The van der Waals surface area contributed by atoms with Gasteiger partial charge in [-0.05, 0) is 38.3 Å². The Morgan fingerprint density at radius 2 is 1.95 bits per heavy atom. The summed E-state index contributed by atoms with van der Waals surface area (Å²) >= 11 is 0. The highest BCUT2D eigenvalue weighted by Gasteiger charge is 2.12. The molecule has 1 aromatic heterocycles. The molecule has 0 aliphatic rings. The number of nitrogens with zero attached hydrogens (tertiary/aromatic N) is 1. The molecule has 0 saturated carbocycles. The van der Waals surface area contributed by atoms with Crippen molar-refractivity contribution in [3.8, 4) is 0 Å². The van der Waals surface area contributed by atoms with E-state index in [1.807, 2.05) is 26.0 Å². The highest BCUT2D eigenvalue weighted by Crippen LogP contribution is 2.17. The van der Waals surface area contributed by atoms with Gasteiger partial charge in [-0.1, -0.05) is 20.8 Å². The first kappa shape index (κ1) is 15.5. The third kappa shape index (κ3) is 4.89. The molecule has 0 radical (unpaired) electrons. The molecule has 2 N–H and O–H groups in total. The SMILES string of the molecule is CCCNc1cc(C(=O)NC(C)C)cc(C(C)C)n1. The van der Waals surface area contributed by atoms with Crippen LogP contribution in [0.15, 0.2) is 12.1 Å². The third-order valence-electron chi connectivity index (χ3n) is 2.67. The molecule has 19 heavy (non-hydrogen) atoms. The number of carbonyl (C=O) groups excluding carboxylic acids is 1. The molecular formula is C15H25N3O. The van der Waals surface area contributed by atoms with Gasteiger partial charge < -0.3 is 10.6 Å². The summed E-state index contributed by atoms with van der Waals surface area (Å²) in [6.07, 6.45) is 1.03. The van der Waals surface area contributed by atoms with Crippen molar-refractivity contribution in [2.45, 2.75) is 53.0 Å². The van der Waals surface area contributed by atoms with Crippen LogP contribution in [0.1, 0.15) is 63.0 Å². The largest absolute Gasteiger partial charge is 0.370 e. The first-order valence-corrected chi connectivity index (χ1v) is 7.00. The lowest BCUT2D eigenvalue weighted by atomic mass is 10.1. The van der Waals surface area contributed by atoms with E-state index in [0.717, 1.165) is 24.5 Å². The van der Waals surface area contributed by atoms with Crippen molar-refractivity contribution < 1.29 is 4.79 Å². The predicted molar refractivity (Wildman–Crippen MR) is 79.7 cm³/mol. The Morgan fingerprint density at radius 1 is 1.26 bits per heavy atom. The van der Waals surface area contributed by atoms with E-state index in [1.165, 1.54) is 0 Å². The molecule has 0 aliphatic heterocycles. The van der Waals surface area contributed by atoms with Gasteiger partial charge in [-0.25, -0.2) is 4.98 Å². The standard InChI is InChI=1S/C15H25N3O/c1-6-7-16-14-9-12(15(19)17-11(4)5)8-13(18-14)10(2)3/h8-11H,6-7H2,1-5H3,(H,16,18)(H,17,19). The van der Waals surface area contributed by atoms with Gasteiger partial charge in [0, 0.05) is 23.8 Å². The number of pyridine rings is 1. The van der Waals surface area contributed by atoms with Crippen LogP contribution >= 0.6 is 0 Å². The fraction of sp³-hybridized carbons (Fsp3) is 0.600. The predicted octanol–water partition coefficient (Wildman–Crippen LogP) is 3.17. The van der Waals surface area contributed by atoms with Crippen molar-refractivity contribution in [2.24, 2.45) is 0 Å². The molecule has 0 aromatic carbocycles. The summed E-state index contributed by atoms with van der Waals surface area (Å²) in [7, 11) is 0. The minimum atomic E-state index is -0.0427. The molecule has 0 atom stereocenters. The number of aromatic nitrogens is 1. The molecule has 0 unspecified atom stereocenters. The molecule has 106 valence electrons. The fourth-order valence-electron chi connectivity index (χ4n) is 1.67. The van der Waals surface area contributed by atoms with Gasteiger partial charge in [0.2, 0.25) is 0 Å². The average Bonchev–Trinajstić information content (AvgIpc) is 2.35. The first-order chi connectivity index (χ1) is 8.93. The summed E-state index contributed by atoms with van der Waals surface area (Å²) in [5.74, 6) is 1.04. The summed E-state index contributed by atoms with van der Waals surface area (Å²) in [6.45, 7) is 11.0. The lowest BCUT2D eigenvalue weighted by molar-refractivity contribution is 0.0943. The molecule has 0 bridgehead atoms. The second-order valence-corrected chi connectivity index (χ2v) is 5.38. The maximum atomic E-state index is 12.1. The third-order valence-corrected chi connectivity index (χ3v) is 2.67. The van der Waals surface area contributed by atoms with Crippen LogP contribution in [0.4, 0.5) is 5.82 Å². The van der Waals surface area contributed by atoms with Crippen molar-refractivity contribution in [1.29, 1.82) is 0 Å². The quantitative estimate of drug-likeness (QED) is 0.829. The van der Waals surface area contributed by atoms with Crippen LogP contribution in [-0.4, -0.2) is 23.5 Å². The molecule has 1 heterocycles. The first-order valence-electron chi connectivity index (χ1n) is 7.00. The highest BCUT2D eigenvalue weighted by molar-refractivity contribution is 5.95. The minimum Gasteiger partial charge on any atom is -0.370 e. The zero-order valence-electron chi connectivity index (χ0n) is 12.6. The van der Waals surface area contributed by atoms with E-state index < -0.39 is 0 Å². The van der Waals surface area contributed by atoms with Crippen LogP contribution in [0.2, 0.25) is 0 Å². The van der Waals surface area contributed by atoms with Gasteiger partial charge in [0.15, 0.2) is 0 Å². The monoisotopic (exact) mass is 263 g/mol. The van der Waals surface area contributed by atoms with Crippen LogP contribution in [0.3, 0.4) is 0 Å². The molecule has 1 rings (SSSR count). The van der Waals surface area contributed by atoms with Gasteiger partial charge in [-0.15, -0.1) is 0 Å². The van der Waals surface area contributed by atoms with Crippen LogP contribution in [0.5, 0.6) is 0 Å². The van der Waals surface area contributed by atoms with Gasteiger partial charge in [-0.3, -0.25) is 4.79 Å². The minimum absolute atomic E-state index is 0.0427. The Morgan fingerprint density at radius 3 is 2.47 bits per heavy atom. The van der Waals surface area contributed by atoms with Gasteiger partial charge >= 0.3 is 0 Å². The molecule has 1 amide bonds. The number of hydrogen-bond acceptors (Lipinski definition) is 3. The average molecular weight is 263 g/mol. The van der Waals surface area contributed by atoms with Crippen molar-refractivity contribution in [3.05, 3.63) is 23.4 Å². The number of amides is 1. The number of anilines is 1. The van der Waals surface area contributed by atoms with Crippen LogP contribution in [0.25, 0.3) is 0 Å². The van der Waals surface area contributed by atoms with Gasteiger partial charge in [-0.2, -0.15) is 0 Å². The summed E-state index contributed by atoms with van der Waals surface area (Å²) in [5.41, 5.74) is 1.61. The van der Waals surface area contributed by atoms with E-state index in [1.54, 1.807) is 0 Å². The molecule has 0 spiro atoms. The second-order valence-electron chi connectivity index (χ2n) is 5.38. The van der Waals surface area contributed by atoms with Gasteiger partial charge in [0.25, 0.3) is 5.91 Å². The lowest BCUT2D eigenvalue weighted by Gasteiger charge is -2.13. The van der Waals surface area contributed by atoms with E-state index in [9.17, 15) is 4.79 Å². The Labute approximate surface area is 116 Å². The van der Waals surface area contributed by atoms with Crippen LogP contribution in [0, 0.1) is 0 Å². The van der Waals surface area contributed by atoms with Gasteiger partial charge in [0.05, 0.1) is 0 Å². The molecular weight excluding hydrogens is 238 g/mol. The Kier molecular flexibility index (Phi) is 5.80. The zero-order chi connectivity index (χ0) is 14.4. The maximum Gasteiger partial charge on any atom is 0.251 e. The Hall–Kier alpha value is -1.58. The summed E-state index contributed by atoms with van der Waals surface area (Å²) < 4.78 is 0. The van der Waals surface area contributed by atoms with Crippen molar-refractivity contribution in [3.63, 3.8) is 0 Å². The van der Waals surface area contributed by atoms with Crippen LogP contribution in [-0.2, 0) is 0 Å². The van der Waals surface area contributed by atoms with E-state index >= 15 is 0 Å². The number of hydrogen-bond donors (Lipinski definition) is 2. The summed E-state index contributed by atoms with van der Waals surface area (Å²) in [5, 5.41) is 6.16. The zero-order valence-corrected chi connectivity index (χ0v) is 12.6. The van der Waals surface area contributed by atoms with Crippen molar-refractivity contribution >= 4 is 11.7 Å². The molecule has 1 aromatic rings. The highest BCUT2D eigenvalue weighted by atomic mass is 16.1. The van der Waals surface area contributed by atoms with Crippen molar-refractivity contribution in [2.75, 3.05) is 11.9 Å². The summed E-state index contributed by atoms with van der Waals surface area (Å²) in [4.78, 5) is 16.6. The fourth-order valence-corrected chi connectivity index (χ4v) is 1.67. The van der Waals surface area contributed by atoms with E-state index in [4.69, 9.17) is 0 Å². The molecule has 4 heteroatoms. The second kappa shape index (κ2) is 7.12. The molecule has 4 nitrogen and oxygen atoms in total. The molecule has 0 saturated heterocycles. The normalized spacial score (nSPS) is 10.9. The van der Waals surface area contributed by atoms with Crippen LogP contribution < -0.4 is 10.6 Å². The van der Waals surface area contributed by atoms with E-state index in [-0.39, 0.29) is 11.9 Å². The smallest absolute Gasteiger partial charge is 0.251 e. The topological polar surface area (TPSA) is 54.0 Å². The number of carbonyl (C=O) groups is 1. The summed E-state index contributed by atoms with van der Waals surface area (Å²) in [6, 6.07) is 3.83. The lowest BCUT2D eigenvalue weighted by Crippen LogP contribution is -2.30.